The first-order valence-corrected chi connectivity index (χ1v) is 9.37. The molecule has 0 radical (unpaired) electrons. The molecule has 134 valence electrons. The fourth-order valence-corrected chi connectivity index (χ4v) is 4.75. The Bertz CT molecular complexity index is 985. The molecule has 0 amide bonds. The Morgan fingerprint density at radius 2 is 1.92 bits per heavy atom. The highest BCUT2D eigenvalue weighted by molar-refractivity contribution is 7.19. The Morgan fingerprint density at radius 3 is 2.77 bits per heavy atom. The number of thiophene rings is 1. The summed E-state index contributed by atoms with van der Waals surface area (Å²) in [4.78, 5) is 5.48. The van der Waals surface area contributed by atoms with E-state index in [4.69, 9.17) is 9.47 Å². The predicted molar refractivity (Wildman–Crippen MR) is 95.3 cm³/mol. The monoisotopic (exact) mass is 374 g/mol. The van der Waals surface area contributed by atoms with Crippen molar-refractivity contribution in [2.45, 2.75) is 25.2 Å². The molecule has 2 aliphatic rings. The van der Waals surface area contributed by atoms with Gasteiger partial charge in [0.25, 0.3) is 0 Å². The van der Waals surface area contributed by atoms with Crippen LogP contribution in [0.25, 0.3) is 10.1 Å². The lowest BCUT2D eigenvalue weighted by atomic mass is 10.1. The maximum Gasteiger partial charge on any atom is 0.193 e. The third-order valence-electron chi connectivity index (χ3n) is 4.88. The van der Waals surface area contributed by atoms with Crippen molar-refractivity contribution in [1.29, 1.82) is 0 Å². The van der Waals surface area contributed by atoms with Gasteiger partial charge in [-0.25, -0.2) is 13.8 Å². The van der Waals surface area contributed by atoms with Crippen molar-refractivity contribution in [3.05, 3.63) is 58.1 Å². The Morgan fingerprint density at radius 1 is 1.12 bits per heavy atom. The van der Waals surface area contributed by atoms with Crippen molar-refractivity contribution in [1.82, 2.24) is 4.98 Å². The van der Waals surface area contributed by atoms with Crippen LogP contribution in [0.15, 0.2) is 30.5 Å². The number of rotatable bonds is 3. The summed E-state index contributed by atoms with van der Waals surface area (Å²) in [6.07, 6.45) is 2.94. The summed E-state index contributed by atoms with van der Waals surface area (Å²) >= 11 is 1.58. The maximum absolute atomic E-state index is 13.7. The number of benzene rings is 1. The maximum atomic E-state index is 13.7. The van der Waals surface area contributed by atoms with Gasteiger partial charge >= 0.3 is 0 Å². The third-order valence-corrected chi connectivity index (χ3v) is 6.06. The molecule has 0 spiro atoms. The zero-order valence-corrected chi connectivity index (χ0v) is 14.6. The molecule has 1 unspecified atom stereocenters. The van der Waals surface area contributed by atoms with E-state index in [9.17, 15) is 8.78 Å². The second-order valence-electron chi connectivity index (χ2n) is 6.50. The van der Waals surface area contributed by atoms with E-state index in [-0.39, 0.29) is 12.3 Å². The first kappa shape index (κ1) is 16.1. The van der Waals surface area contributed by atoms with Crippen LogP contribution in [0.4, 0.5) is 14.6 Å². The summed E-state index contributed by atoms with van der Waals surface area (Å²) in [5.41, 5.74) is 1.66. The molecule has 0 bridgehead atoms. The molecule has 4 nitrogen and oxygen atoms in total. The van der Waals surface area contributed by atoms with Crippen LogP contribution < -0.4 is 5.32 Å². The number of hydrogen-bond acceptors (Lipinski definition) is 5. The average Bonchev–Trinajstić information content (AvgIpc) is 3.36. The van der Waals surface area contributed by atoms with E-state index in [2.05, 4.69) is 16.4 Å². The summed E-state index contributed by atoms with van der Waals surface area (Å²) in [6.45, 7) is 1.20. The largest absolute Gasteiger partial charge is 0.362 e. The van der Waals surface area contributed by atoms with Crippen LogP contribution in [0.2, 0.25) is 0 Å². The third kappa shape index (κ3) is 2.67. The van der Waals surface area contributed by atoms with Gasteiger partial charge in [-0.1, -0.05) is 0 Å². The van der Waals surface area contributed by atoms with E-state index in [0.717, 1.165) is 44.7 Å². The number of pyridine rings is 1. The minimum absolute atomic E-state index is 0.0808. The van der Waals surface area contributed by atoms with Gasteiger partial charge in [-0.3, -0.25) is 0 Å². The van der Waals surface area contributed by atoms with Crippen molar-refractivity contribution in [2.75, 3.05) is 18.5 Å². The minimum atomic E-state index is -0.808. The van der Waals surface area contributed by atoms with Crippen LogP contribution in [-0.4, -0.2) is 18.2 Å². The van der Waals surface area contributed by atoms with Gasteiger partial charge in [-0.05, 0) is 53.6 Å². The van der Waals surface area contributed by atoms with Crippen molar-refractivity contribution in [2.24, 2.45) is 0 Å². The van der Waals surface area contributed by atoms with Crippen LogP contribution in [0, 0.1) is 11.6 Å². The van der Waals surface area contributed by atoms with Gasteiger partial charge < -0.3 is 14.8 Å². The molecular formula is C19H16F2N2O2S. The van der Waals surface area contributed by atoms with Gasteiger partial charge in [0.2, 0.25) is 0 Å². The number of fused-ring (bicyclic) bond motifs is 2. The van der Waals surface area contributed by atoms with Crippen molar-refractivity contribution in [3.63, 3.8) is 0 Å². The number of ether oxygens (including phenoxy) is 2. The molecule has 1 saturated heterocycles. The van der Waals surface area contributed by atoms with Gasteiger partial charge in [0.15, 0.2) is 17.9 Å². The van der Waals surface area contributed by atoms with E-state index in [1.54, 1.807) is 17.5 Å². The minimum Gasteiger partial charge on any atom is -0.362 e. The smallest absolute Gasteiger partial charge is 0.193 e. The van der Waals surface area contributed by atoms with Gasteiger partial charge in [0.1, 0.15) is 5.82 Å². The molecule has 3 aromatic rings. The predicted octanol–water partition coefficient (Wildman–Crippen LogP) is 4.72. The molecule has 1 aromatic carbocycles. The van der Waals surface area contributed by atoms with E-state index in [1.165, 1.54) is 12.1 Å². The summed E-state index contributed by atoms with van der Waals surface area (Å²) in [5.74, 6) is -0.846. The molecule has 1 aliphatic carbocycles. The highest BCUT2D eigenvalue weighted by Crippen LogP contribution is 2.40. The molecule has 0 saturated carbocycles. The molecule has 5 rings (SSSR count). The zero-order valence-electron chi connectivity index (χ0n) is 13.8. The Balaban J connectivity index is 1.48. The van der Waals surface area contributed by atoms with Crippen molar-refractivity contribution in [3.8, 4) is 0 Å². The molecule has 26 heavy (non-hydrogen) atoms. The molecule has 1 fully saturated rings. The van der Waals surface area contributed by atoms with Crippen LogP contribution in [0.3, 0.4) is 0 Å². The molecule has 1 atom stereocenters. The number of anilines is 1. The molecule has 1 N–H and O–H groups in total. The van der Waals surface area contributed by atoms with Crippen LogP contribution >= 0.6 is 11.3 Å². The lowest BCUT2D eigenvalue weighted by Gasteiger charge is -2.15. The average molecular weight is 374 g/mol. The van der Waals surface area contributed by atoms with Crippen molar-refractivity contribution >= 4 is 27.2 Å². The standard InChI is InChI=1S/C19H16F2N2O2S/c20-13-7-10-1-2-15(12(10)9-14(13)21)23-18-17-11(3-4-22-18)8-16(26-17)19-24-5-6-25-19/h3-4,7-9,15,19H,1-2,5-6H2,(H,22,23). The summed E-state index contributed by atoms with van der Waals surface area (Å²) in [5, 5.41) is 4.48. The van der Waals surface area contributed by atoms with E-state index >= 15 is 0 Å². The van der Waals surface area contributed by atoms with E-state index < -0.39 is 11.6 Å². The highest BCUT2D eigenvalue weighted by atomic mass is 32.1. The normalized spacial score (nSPS) is 20.0. The van der Waals surface area contributed by atoms with E-state index in [0.29, 0.717) is 13.2 Å². The number of aromatic nitrogens is 1. The van der Waals surface area contributed by atoms with Gasteiger partial charge in [0, 0.05) is 6.20 Å². The zero-order chi connectivity index (χ0) is 17.7. The second-order valence-corrected chi connectivity index (χ2v) is 7.58. The van der Waals surface area contributed by atoms with Crippen LogP contribution in [0.1, 0.15) is 34.8 Å². The number of nitrogens with one attached hydrogen (secondary N) is 1. The van der Waals surface area contributed by atoms with Crippen LogP contribution in [0.5, 0.6) is 0 Å². The Kier molecular flexibility index (Phi) is 3.88. The second kappa shape index (κ2) is 6.26. The van der Waals surface area contributed by atoms with Gasteiger partial charge in [-0.2, -0.15) is 0 Å². The van der Waals surface area contributed by atoms with Crippen molar-refractivity contribution < 1.29 is 18.3 Å². The lowest BCUT2D eigenvalue weighted by molar-refractivity contribution is -0.0412. The molecular weight excluding hydrogens is 358 g/mol. The Hall–Kier alpha value is -2.09. The number of aryl methyl sites for hydroxylation is 1. The fraction of sp³-hybridized carbons (Fsp3) is 0.316. The summed E-state index contributed by atoms with van der Waals surface area (Å²) < 4.78 is 39.3. The number of halogens is 2. The van der Waals surface area contributed by atoms with Gasteiger partial charge in [0.05, 0.1) is 28.8 Å². The molecule has 7 heteroatoms. The number of hydrogen-bond donors (Lipinski definition) is 1. The van der Waals surface area contributed by atoms with Crippen LogP contribution in [-0.2, 0) is 15.9 Å². The first-order chi connectivity index (χ1) is 12.7. The SMILES string of the molecule is Fc1cc2c(cc1F)C(Nc1nccc3cc(C4OCCO4)sc13)CC2. The fourth-order valence-electron chi connectivity index (χ4n) is 3.64. The van der Waals surface area contributed by atoms with E-state index in [1.807, 2.05) is 6.07 Å². The first-order valence-electron chi connectivity index (χ1n) is 8.55. The molecule has 2 aromatic heterocycles. The topological polar surface area (TPSA) is 43.4 Å². The molecule has 3 heterocycles. The van der Waals surface area contributed by atoms with Gasteiger partial charge in [-0.15, -0.1) is 11.3 Å². The summed E-state index contributed by atoms with van der Waals surface area (Å²) in [6, 6.07) is 6.53. The Labute approximate surface area is 152 Å². The molecule has 1 aliphatic heterocycles. The lowest BCUT2D eigenvalue weighted by Crippen LogP contribution is -2.09. The number of nitrogens with zero attached hydrogens (tertiary/aromatic N) is 1. The quantitative estimate of drug-likeness (QED) is 0.720. The summed E-state index contributed by atoms with van der Waals surface area (Å²) in [7, 11) is 0. The highest BCUT2D eigenvalue weighted by Gasteiger charge is 2.26.